The van der Waals surface area contributed by atoms with E-state index in [4.69, 9.17) is 9.11 Å². The van der Waals surface area contributed by atoms with E-state index in [1.807, 2.05) is 0 Å². The second kappa shape index (κ2) is 20.3. The number of hydrogen-bond acceptors (Lipinski definition) is 9. The van der Waals surface area contributed by atoms with E-state index < -0.39 is 38.2 Å². The van der Waals surface area contributed by atoms with Crippen LogP contribution in [0.4, 0.5) is 0 Å². The first kappa shape index (κ1) is 52.9. The summed E-state index contributed by atoms with van der Waals surface area (Å²) in [5, 5.41) is 39.2. The first-order valence-corrected chi connectivity index (χ1v) is 30.0. The molecule has 0 aromatic heterocycles. The molecule has 7 N–H and O–H groups in total. The van der Waals surface area contributed by atoms with Gasteiger partial charge >= 0.3 is 0 Å². The fourth-order valence-corrected chi connectivity index (χ4v) is 19.3. The van der Waals surface area contributed by atoms with Crippen molar-refractivity contribution in [2.75, 3.05) is 24.6 Å². The van der Waals surface area contributed by atoms with Gasteiger partial charge in [-0.3, -0.25) is 13.9 Å². The molecule has 1 amide bonds. The molecule has 382 valence electrons. The zero-order valence-electron chi connectivity index (χ0n) is 41.8. The number of carbonyl (C=O) groups excluding carboxylic acids is 1. The van der Waals surface area contributed by atoms with Crippen molar-refractivity contribution < 1.29 is 46.1 Å². The molecule has 14 heteroatoms. The van der Waals surface area contributed by atoms with Crippen molar-refractivity contribution in [3.8, 4) is 0 Å². The van der Waals surface area contributed by atoms with E-state index in [1.54, 1.807) is 0 Å². The van der Waals surface area contributed by atoms with Gasteiger partial charge in [-0.15, -0.1) is 0 Å². The Balaban J connectivity index is 0.000000198. The first-order chi connectivity index (χ1) is 30.9. The Morgan fingerprint density at radius 1 is 0.636 bits per heavy atom. The van der Waals surface area contributed by atoms with Gasteiger partial charge in [0.05, 0.1) is 29.8 Å². The minimum Gasteiger partial charge on any atom is -0.393 e. The number of aliphatic hydroxyl groups is 3. The van der Waals surface area contributed by atoms with Crippen LogP contribution in [-0.4, -0.2) is 96.1 Å². The minimum absolute atomic E-state index is 0.0509. The molecule has 0 bridgehead atoms. The van der Waals surface area contributed by atoms with Gasteiger partial charge in [-0.1, -0.05) is 61.3 Å². The largest absolute Gasteiger partial charge is 0.393 e. The summed E-state index contributed by atoms with van der Waals surface area (Å²) in [5.41, 5.74) is 0.793. The second-order valence-electron chi connectivity index (χ2n) is 25.0. The number of fused-ring (bicyclic) bond motifs is 10. The van der Waals surface area contributed by atoms with E-state index in [-0.39, 0.29) is 71.1 Å². The van der Waals surface area contributed by atoms with Crippen molar-refractivity contribution in [2.45, 2.75) is 201 Å². The van der Waals surface area contributed by atoms with Gasteiger partial charge in [-0.25, -0.2) is 0 Å². The monoisotopic (exact) mass is 969 g/mol. The highest BCUT2D eigenvalue weighted by atomic mass is 32.2. The summed E-state index contributed by atoms with van der Waals surface area (Å²) < 4.78 is 61.6. The highest BCUT2D eigenvalue weighted by Gasteiger charge is 2.66. The standard InChI is InChI=1S/C26H45NO7S.C26H47NO3S/c1-15(4-7-23(31)27-10-11-35(32,33)34)18-5-6-19-24-20(14-22(30)26(18,19)3)25(2)9-8-17(28)12-16(25)13-21(24)29;1-5-6-18(2)22-9-10-23-21-8-7-19-17-20(27-15-16-31(28,29)30)11-13-25(19,3)24(21)12-14-26(22,23)4/h15-22,24,28-30H,4-14H2,1-3H3,(H,27,31)(H,32,33,34);18-24,27H,5-17H2,1-4H3,(H,28,29,30)/t15-,16?,17-,18-,19+,20+,21-,22+,24+,25+,26-;18-,19?,20?,21?,22-,23?,24?,25+,26-/m11/s1. The Labute approximate surface area is 399 Å². The number of carbonyl (C=O) groups is 1. The van der Waals surface area contributed by atoms with Crippen LogP contribution < -0.4 is 10.6 Å². The number of hydrogen-bond donors (Lipinski definition) is 7. The maximum Gasteiger partial charge on any atom is 0.266 e. The molecule has 12 nitrogen and oxygen atoms in total. The van der Waals surface area contributed by atoms with Crippen LogP contribution in [0.2, 0.25) is 0 Å². The fraction of sp³-hybridized carbons (Fsp3) is 0.981. The second-order valence-corrected chi connectivity index (χ2v) is 28.2. The molecular weight excluding hydrogens is 877 g/mol. The quantitative estimate of drug-likeness (QED) is 0.0824. The molecule has 6 unspecified atom stereocenters. The van der Waals surface area contributed by atoms with Crippen molar-refractivity contribution in [1.82, 2.24) is 10.6 Å². The van der Waals surface area contributed by atoms with Crippen LogP contribution in [-0.2, 0) is 25.0 Å². The van der Waals surface area contributed by atoms with E-state index in [9.17, 15) is 36.9 Å². The summed E-state index contributed by atoms with van der Waals surface area (Å²) in [6.07, 6.45) is 20.6. The molecule has 8 aliphatic rings. The lowest BCUT2D eigenvalue weighted by molar-refractivity contribution is -0.207. The van der Waals surface area contributed by atoms with Crippen molar-refractivity contribution in [1.29, 1.82) is 0 Å². The Morgan fingerprint density at radius 3 is 1.94 bits per heavy atom. The Hall–Kier alpha value is -0.870. The third-order valence-corrected chi connectivity index (χ3v) is 23.4. The molecule has 0 aromatic rings. The molecule has 8 aliphatic carbocycles. The summed E-state index contributed by atoms with van der Waals surface area (Å²) in [6.45, 7) is 17.1. The van der Waals surface area contributed by atoms with Crippen LogP contribution in [0.15, 0.2) is 0 Å². The van der Waals surface area contributed by atoms with E-state index in [1.165, 1.54) is 64.2 Å². The van der Waals surface area contributed by atoms with Gasteiger partial charge in [0.15, 0.2) is 0 Å². The lowest BCUT2D eigenvalue weighted by Crippen LogP contribution is -2.62. The van der Waals surface area contributed by atoms with Crippen LogP contribution >= 0.6 is 0 Å². The Bertz CT molecular complexity index is 1900. The number of amides is 1. The van der Waals surface area contributed by atoms with Gasteiger partial charge in [0, 0.05) is 25.6 Å². The lowest BCUT2D eigenvalue weighted by atomic mass is 9.43. The van der Waals surface area contributed by atoms with Crippen molar-refractivity contribution in [3.05, 3.63) is 0 Å². The molecule has 0 aromatic carbocycles. The maximum atomic E-state index is 12.2. The van der Waals surface area contributed by atoms with Crippen molar-refractivity contribution in [2.24, 2.45) is 92.7 Å². The van der Waals surface area contributed by atoms with Crippen molar-refractivity contribution >= 4 is 26.1 Å². The summed E-state index contributed by atoms with van der Waals surface area (Å²) in [4.78, 5) is 12.2. The normalized spacial score (nSPS) is 46.2. The van der Waals surface area contributed by atoms with E-state index in [2.05, 4.69) is 59.1 Å². The van der Waals surface area contributed by atoms with Gasteiger partial charge in [0.1, 0.15) is 0 Å². The first-order valence-electron chi connectivity index (χ1n) is 26.8. The van der Waals surface area contributed by atoms with Crippen LogP contribution in [0.3, 0.4) is 0 Å². The lowest BCUT2D eigenvalue weighted by Gasteiger charge is -2.63. The zero-order chi connectivity index (χ0) is 48.2. The van der Waals surface area contributed by atoms with Crippen molar-refractivity contribution in [3.63, 3.8) is 0 Å². The molecule has 0 aliphatic heterocycles. The predicted molar refractivity (Wildman–Crippen MR) is 259 cm³/mol. The SMILES string of the molecule is CCC[C@@H](C)[C@H]1CCC2C3CCC4CC(NCCS(=O)(=O)O)CC[C@]4(C)C3CC[C@@]21C.C[C@H](CCC(=O)NCCS(=O)(=O)O)[C@H]1CC[C@H]2[C@@H]3[C@H](O)CC4C[C@H](O)CC[C@]4(C)[C@H]3C[C@H](O)[C@]12C. The average molecular weight is 969 g/mol. The molecule has 8 rings (SSSR count). The molecule has 0 spiro atoms. The number of aliphatic hydroxyl groups excluding tert-OH is 3. The predicted octanol–water partition coefficient (Wildman–Crippen LogP) is 8.30. The van der Waals surface area contributed by atoms with Crippen LogP contribution in [0.1, 0.15) is 177 Å². The minimum atomic E-state index is -4.10. The summed E-state index contributed by atoms with van der Waals surface area (Å²) in [7, 11) is -7.96. The Kier molecular flexibility index (Phi) is 16.3. The van der Waals surface area contributed by atoms with E-state index in [0.29, 0.717) is 42.2 Å². The molecular formula is C52H92N2O10S2. The van der Waals surface area contributed by atoms with Gasteiger partial charge in [0.25, 0.3) is 20.2 Å². The summed E-state index contributed by atoms with van der Waals surface area (Å²) >= 11 is 0. The van der Waals surface area contributed by atoms with Gasteiger partial charge in [-0.2, -0.15) is 16.8 Å². The van der Waals surface area contributed by atoms with Crippen LogP contribution in [0.5, 0.6) is 0 Å². The van der Waals surface area contributed by atoms with E-state index in [0.717, 1.165) is 80.5 Å². The van der Waals surface area contributed by atoms with Gasteiger partial charge in [0.2, 0.25) is 5.91 Å². The topological polar surface area (TPSA) is 211 Å². The van der Waals surface area contributed by atoms with E-state index >= 15 is 0 Å². The molecule has 8 fully saturated rings. The van der Waals surface area contributed by atoms with Crippen LogP contribution in [0.25, 0.3) is 0 Å². The number of rotatable bonds is 14. The molecule has 8 saturated carbocycles. The average Bonchev–Trinajstić information content (AvgIpc) is 3.78. The molecule has 0 radical (unpaired) electrons. The molecule has 66 heavy (non-hydrogen) atoms. The number of nitrogens with one attached hydrogen (secondary N) is 2. The highest BCUT2D eigenvalue weighted by molar-refractivity contribution is 7.86. The maximum absolute atomic E-state index is 12.2. The third kappa shape index (κ3) is 10.5. The molecule has 20 atom stereocenters. The molecule has 0 heterocycles. The third-order valence-electron chi connectivity index (χ3n) is 22.0. The summed E-state index contributed by atoms with van der Waals surface area (Å²) in [6, 6.07) is 0.413. The molecule has 0 saturated heterocycles. The summed E-state index contributed by atoms with van der Waals surface area (Å²) in [5.74, 6) is 5.89. The van der Waals surface area contributed by atoms with Gasteiger partial charge in [-0.05, 0) is 202 Å². The highest BCUT2D eigenvalue weighted by Crippen LogP contribution is 2.70. The Morgan fingerprint density at radius 2 is 1.24 bits per heavy atom. The fourth-order valence-electron chi connectivity index (χ4n) is 18.6. The van der Waals surface area contributed by atoms with Crippen LogP contribution in [0, 0.1) is 92.7 Å². The zero-order valence-corrected chi connectivity index (χ0v) is 43.4. The smallest absolute Gasteiger partial charge is 0.266 e. The van der Waals surface area contributed by atoms with Gasteiger partial charge < -0.3 is 26.0 Å².